The Labute approximate surface area is 194 Å². The van der Waals surface area contributed by atoms with Crippen molar-refractivity contribution in [3.05, 3.63) is 42.5 Å². The van der Waals surface area contributed by atoms with Gasteiger partial charge in [0.25, 0.3) is 0 Å². The molecule has 0 amide bonds. The summed E-state index contributed by atoms with van der Waals surface area (Å²) in [6, 6.07) is 12.8. The van der Waals surface area contributed by atoms with Crippen LogP contribution >= 0.6 is 0 Å². The minimum atomic E-state index is -3.64. The van der Waals surface area contributed by atoms with Crippen molar-refractivity contribution >= 4 is 37.9 Å². The van der Waals surface area contributed by atoms with Crippen molar-refractivity contribution in [1.29, 1.82) is 0 Å². The number of para-hydroxylation sites is 1. The number of nitrogens with one attached hydrogen (secondary N) is 1. The van der Waals surface area contributed by atoms with E-state index in [0.717, 1.165) is 54.9 Å². The third-order valence-corrected chi connectivity index (χ3v) is 9.17. The van der Waals surface area contributed by atoms with Crippen molar-refractivity contribution in [2.45, 2.75) is 68.7 Å². The number of carboxylic acid groups (broad SMARTS) is 1. The molecule has 2 bridgehead atoms. The van der Waals surface area contributed by atoms with Gasteiger partial charge in [0, 0.05) is 23.2 Å². The number of unbranched alkanes of at least 4 members (excludes halogenated alkanes) is 3. The number of carbonyl (C=O) groups is 1. The number of fused-ring (bicyclic) bond motifs is 5. The molecule has 0 saturated heterocycles. The molecule has 33 heavy (non-hydrogen) atoms. The van der Waals surface area contributed by atoms with Crippen LogP contribution in [0.4, 0.5) is 0 Å². The van der Waals surface area contributed by atoms with E-state index < -0.39 is 16.0 Å². The standard InChI is InChI=1S/C26H31NO5S/c28-25(29)10-4-2-1-3-7-20-17-11-12-18(15-17)26(20)27-33(30,31)19-13-14-24-22(16-19)21-8-5-6-9-23(21)32-24/h5-6,8-9,13-14,16-18,20,26-27H,1-4,7,10-12,15H2,(H,28,29)/t17-,18+,20+,26+/m0/s1. The molecule has 176 valence electrons. The summed E-state index contributed by atoms with van der Waals surface area (Å²) in [4.78, 5) is 11.0. The first-order valence-electron chi connectivity index (χ1n) is 12.1. The van der Waals surface area contributed by atoms with Crippen LogP contribution in [0.1, 0.15) is 57.8 Å². The number of furan rings is 1. The van der Waals surface area contributed by atoms with Crippen molar-refractivity contribution in [3.63, 3.8) is 0 Å². The van der Waals surface area contributed by atoms with Crippen LogP contribution in [-0.2, 0) is 14.8 Å². The van der Waals surface area contributed by atoms with Crippen LogP contribution in [0.5, 0.6) is 0 Å². The highest BCUT2D eigenvalue weighted by Gasteiger charge is 2.48. The molecule has 5 rings (SSSR count). The minimum absolute atomic E-state index is 0.00967. The zero-order chi connectivity index (χ0) is 23.0. The summed E-state index contributed by atoms with van der Waals surface area (Å²) < 4.78 is 35.7. The Kier molecular flexibility index (Phi) is 6.18. The van der Waals surface area contributed by atoms with E-state index in [0.29, 0.717) is 29.8 Å². The third kappa shape index (κ3) is 4.53. The normalized spacial score (nSPS) is 24.7. The van der Waals surface area contributed by atoms with Gasteiger partial charge in [0.2, 0.25) is 10.0 Å². The molecule has 0 unspecified atom stereocenters. The molecule has 0 radical (unpaired) electrons. The fourth-order valence-electron chi connectivity index (χ4n) is 6.14. The second-order valence-corrected chi connectivity index (χ2v) is 11.5. The lowest BCUT2D eigenvalue weighted by Gasteiger charge is -2.31. The Morgan fingerprint density at radius 1 is 0.970 bits per heavy atom. The van der Waals surface area contributed by atoms with Gasteiger partial charge in [-0.05, 0) is 74.1 Å². The second kappa shape index (κ2) is 9.11. The lowest BCUT2D eigenvalue weighted by molar-refractivity contribution is -0.137. The zero-order valence-corrected chi connectivity index (χ0v) is 19.5. The van der Waals surface area contributed by atoms with Gasteiger partial charge in [-0.1, -0.05) is 37.5 Å². The molecular formula is C26H31NO5S. The Hall–Kier alpha value is -2.38. The maximum Gasteiger partial charge on any atom is 0.303 e. The van der Waals surface area contributed by atoms with Crippen molar-refractivity contribution in [2.75, 3.05) is 0 Å². The van der Waals surface area contributed by atoms with Crippen molar-refractivity contribution in [3.8, 4) is 0 Å². The molecule has 2 fully saturated rings. The number of hydrogen-bond donors (Lipinski definition) is 2. The Balaban J connectivity index is 1.29. The van der Waals surface area contributed by atoms with E-state index in [1.807, 2.05) is 24.3 Å². The number of carboxylic acids is 1. The number of aliphatic carboxylic acids is 1. The molecule has 2 aliphatic carbocycles. The predicted octanol–water partition coefficient (Wildman–Crippen LogP) is 5.70. The molecule has 2 saturated carbocycles. The molecule has 2 aromatic carbocycles. The first-order valence-corrected chi connectivity index (χ1v) is 13.6. The molecule has 6 nitrogen and oxygen atoms in total. The van der Waals surface area contributed by atoms with Gasteiger partial charge in [0.1, 0.15) is 11.2 Å². The smallest absolute Gasteiger partial charge is 0.303 e. The molecule has 4 atom stereocenters. The summed E-state index contributed by atoms with van der Waals surface area (Å²) in [7, 11) is -3.64. The van der Waals surface area contributed by atoms with Gasteiger partial charge >= 0.3 is 5.97 Å². The summed E-state index contributed by atoms with van der Waals surface area (Å²) in [6.45, 7) is 0. The monoisotopic (exact) mass is 469 g/mol. The molecule has 7 heteroatoms. The van der Waals surface area contributed by atoms with Gasteiger partial charge in [-0.15, -0.1) is 0 Å². The number of hydrogen-bond acceptors (Lipinski definition) is 4. The number of sulfonamides is 1. The fraction of sp³-hybridized carbons (Fsp3) is 0.500. The van der Waals surface area contributed by atoms with Crippen LogP contribution in [0.3, 0.4) is 0 Å². The zero-order valence-electron chi connectivity index (χ0n) is 18.7. The third-order valence-electron chi connectivity index (χ3n) is 7.72. The van der Waals surface area contributed by atoms with Crippen LogP contribution in [0.25, 0.3) is 21.9 Å². The molecule has 3 aromatic rings. The second-order valence-electron chi connectivity index (χ2n) is 9.75. The average molecular weight is 470 g/mol. The molecule has 2 aliphatic rings. The van der Waals surface area contributed by atoms with Gasteiger partial charge in [-0.25, -0.2) is 13.1 Å². The van der Waals surface area contributed by atoms with E-state index in [2.05, 4.69) is 4.72 Å². The van der Waals surface area contributed by atoms with Gasteiger partial charge in [0.15, 0.2) is 0 Å². The van der Waals surface area contributed by atoms with E-state index >= 15 is 0 Å². The quantitative estimate of drug-likeness (QED) is 0.371. The van der Waals surface area contributed by atoms with Gasteiger partial charge < -0.3 is 9.52 Å². The Bertz CT molecular complexity index is 1260. The molecule has 2 N–H and O–H groups in total. The molecule has 0 aliphatic heterocycles. The Morgan fingerprint density at radius 2 is 1.73 bits per heavy atom. The summed E-state index contributed by atoms with van der Waals surface area (Å²) >= 11 is 0. The highest BCUT2D eigenvalue weighted by molar-refractivity contribution is 7.89. The highest BCUT2D eigenvalue weighted by atomic mass is 32.2. The summed E-state index contributed by atoms with van der Waals surface area (Å²) in [5.41, 5.74) is 1.45. The van der Waals surface area contributed by atoms with E-state index in [-0.39, 0.29) is 17.4 Å². The summed E-state index contributed by atoms with van der Waals surface area (Å²) in [5.74, 6) is 0.651. The SMILES string of the molecule is O=C(O)CCCCCC[C@@H]1[C@H]2CC[C@H](C2)[C@H]1NS(=O)(=O)c1ccc2oc3ccccc3c2c1. The van der Waals surface area contributed by atoms with E-state index in [1.54, 1.807) is 18.2 Å². The Morgan fingerprint density at radius 3 is 2.58 bits per heavy atom. The first kappa shape index (κ1) is 22.4. The van der Waals surface area contributed by atoms with E-state index in [9.17, 15) is 13.2 Å². The van der Waals surface area contributed by atoms with Crippen LogP contribution in [0.2, 0.25) is 0 Å². The van der Waals surface area contributed by atoms with Gasteiger partial charge in [0.05, 0.1) is 4.90 Å². The maximum absolute atomic E-state index is 13.4. The number of benzene rings is 2. The summed E-state index contributed by atoms with van der Waals surface area (Å²) in [6.07, 6.45) is 8.30. The van der Waals surface area contributed by atoms with Crippen molar-refractivity contribution in [2.24, 2.45) is 17.8 Å². The molecular weight excluding hydrogens is 438 g/mol. The lowest BCUT2D eigenvalue weighted by Crippen LogP contribution is -2.43. The van der Waals surface area contributed by atoms with Crippen LogP contribution < -0.4 is 4.72 Å². The van der Waals surface area contributed by atoms with Crippen LogP contribution in [0.15, 0.2) is 51.8 Å². The maximum atomic E-state index is 13.4. The van der Waals surface area contributed by atoms with E-state index in [1.165, 1.54) is 6.42 Å². The number of rotatable bonds is 10. The minimum Gasteiger partial charge on any atom is -0.481 e. The molecule has 1 heterocycles. The fourth-order valence-corrected chi connectivity index (χ4v) is 7.52. The van der Waals surface area contributed by atoms with Crippen molar-refractivity contribution in [1.82, 2.24) is 4.72 Å². The first-order chi connectivity index (χ1) is 15.9. The largest absolute Gasteiger partial charge is 0.481 e. The lowest BCUT2D eigenvalue weighted by atomic mass is 9.81. The summed E-state index contributed by atoms with van der Waals surface area (Å²) in [5, 5.41) is 10.5. The van der Waals surface area contributed by atoms with Crippen molar-refractivity contribution < 1.29 is 22.7 Å². The van der Waals surface area contributed by atoms with E-state index in [4.69, 9.17) is 9.52 Å². The highest BCUT2D eigenvalue weighted by Crippen LogP contribution is 2.50. The molecule has 0 spiro atoms. The topological polar surface area (TPSA) is 96.6 Å². The van der Waals surface area contributed by atoms with Gasteiger partial charge in [-0.3, -0.25) is 4.79 Å². The average Bonchev–Trinajstić information content (AvgIpc) is 3.49. The van der Waals surface area contributed by atoms with Crippen LogP contribution in [0, 0.1) is 17.8 Å². The van der Waals surface area contributed by atoms with Crippen LogP contribution in [-0.4, -0.2) is 25.5 Å². The molecule has 1 aromatic heterocycles. The van der Waals surface area contributed by atoms with Gasteiger partial charge in [-0.2, -0.15) is 0 Å². The predicted molar refractivity (Wildman–Crippen MR) is 127 cm³/mol.